The summed E-state index contributed by atoms with van der Waals surface area (Å²) in [5.74, 6) is 0.955. The summed E-state index contributed by atoms with van der Waals surface area (Å²) in [6, 6.07) is 15.3. The Labute approximate surface area is 143 Å². The van der Waals surface area contributed by atoms with Crippen molar-refractivity contribution in [2.24, 2.45) is 0 Å². The molecule has 5 nitrogen and oxygen atoms in total. The minimum atomic E-state index is 0.428. The monoisotopic (exact) mass is 345 g/mol. The number of nitrogens with one attached hydrogen (secondary N) is 2. The Hall–Kier alpha value is -2.37. The molecule has 3 aromatic rings. The van der Waals surface area contributed by atoms with Crippen LogP contribution in [0.1, 0.15) is 5.56 Å². The van der Waals surface area contributed by atoms with E-state index in [-0.39, 0.29) is 0 Å². The maximum atomic E-state index is 6.15. The van der Waals surface area contributed by atoms with E-state index >= 15 is 0 Å². The zero-order chi connectivity index (χ0) is 16.1. The standard InChI is InChI=1S/C16H13Cl2N5/c17-12-7-4-8-13(15(12)18)21-14-10-20-23-16(22-14)19-9-11-5-2-1-3-6-11/h1-8,10H,9H2,(H2,19,21,22,23). The fourth-order valence-corrected chi connectivity index (χ4v) is 2.30. The number of hydrogen-bond donors (Lipinski definition) is 2. The van der Waals surface area contributed by atoms with Gasteiger partial charge in [-0.3, -0.25) is 0 Å². The van der Waals surface area contributed by atoms with Gasteiger partial charge >= 0.3 is 0 Å². The molecule has 1 heterocycles. The minimum Gasteiger partial charge on any atom is -0.349 e. The normalized spacial score (nSPS) is 10.3. The van der Waals surface area contributed by atoms with Crippen LogP contribution in [0, 0.1) is 0 Å². The van der Waals surface area contributed by atoms with E-state index in [9.17, 15) is 0 Å². The molecule has 0 atom stereocenters. The third-order valence-corrected chi connectivity index (χ3v) is 3.89. The Kier molecular flexibility index (Phi) is 4.90. The van der Waals surface area contributed by atoms with E-state index in [1.807, 2.05) is 36.4 Å². The number of nitrogens with zero attached hydrogens (tertiary/aromatic N) is 3. The highest BCUT2D eigenvalue weighted by atomic mass is 35.5. The van der Waals surface area contributed by atoms with Crippen LogP contribution in [0.15, 0.2) is 54.7 Å². The third kappa shape index (κ3) is 4.09. The minimum absolute atomic E-state index is 0.428. The van der Waals surface area contributed by atoms with Crippen LogP contribution < -0.4 is 10.6 Å². The molecule has 0 radical (unpaired) electrons. The first-order valence-corrected chi connectivity index (χ1v) is 7.66. The van der Waals surface area contributed by atoms with Gasteiger partial charge in [0.1, 0.15) is 0 Å². The zero-order valence-electron chi connectivity index (χ0n) is 12.0. The van der Waals surface area contributed by atoms with Crippen molar-refractivity contribution in [3.8, 4) is 0 Å². The van der Waals surface area contributed by atoms with Crippen LogP contribution in [0.3, 0.4) is 0 Å². The van der Waals surface area contributed by atoms with Crippen LogP contribution in [0.5, 0.6) is 0 Å². The predicted octanol–water partition coefficient (Wildman–Crippen LogP) is 4.53. The third-order valence-electron chi connectivity index (χ3n) is 3.07. The summed E-state index contributed by atoms with van der Waals surface area (Å²) in [6.07, 6.45) is 1.52. The summed E-state index contributed by atoms with van der Waals surface area (Å²) in [6.45, 7) is 0.615. The average Bonchev–Trinajstić information content (AvgIpc) is 2.59. The van der Waals surface area contributed by atoms with E-state index in [0.717, 1.165) is 5.56 Å². The molecule has 1 aromatic heterocycles. The first-order chi connectivity index (χ1) is 11.2. The lowest BCUT2D eigenvalue weighted by molar-refractivity contribution is 0.949. The Bertz CT molecular complexity index is 795. The van der Waals surface area contributed by atoms with Crippen LogP contribution in [0.4, 0.5) is 17.5 Å². The first-order valence-electron chi connectivity index (χ1n) is 6.91. The number of aromatic nitrogens is 3. The van der Waals surface area contributed by atoms with Gasteiger partial charge in [0.15, 0.2) is 5.82 Å². The molecule has 0 fully saturated rings. The summed E-state index contributed by atoms with van der Waals surface area (Å²) in [5.41, 5.74) is 1.79. The molecule has 116 valence electrons. The highest BCUT2D eigenvalue weighted by molar-refractivity contribution is 6.43. The van der Waals surface area contributed by atoms with E-state index < -0.39 is 0 Å². The van der Waals surface area contributed by atoms with E-state index in [1.165, 1.54) is 6.20 Å². The van der Waals surface area contributed by atoms with Crippen molar-refractivity contribution in [3.05, 3.63) is 70.3 Å². The average molecular weight is 346 g/mol. The van der Waals surface area contributed by atoms with Crippen molar-refractivity contribution in [1.29, 1.82) is 0 Å². The molecule has 0 unspecified atom stereocenters. The molecule has 3 rings (SSSR count). The number of benzene rings is 2. The van der Waals surface area contributed by atoms with Gasteiger partial charge < -0.3 is 10.6 Å². The maximum Gasteiger partial charge on any atom is 0.244 e. The van der Waals surface area contributed by atoms with Crippen molar-refractivity contribution in [2.75, 3.05) is 10.6 Å². The van der Waals surface area contributed by atoms with Gasteiger partial charge in [0.2, 0.25) is 5.95 Å². The lowest BCUT2D eigenvalue weighted by Crippen LogP contribution is -2.06. The zero-order valence-corrected chi connectivity index (χ0v) is 13.5. The van der Waals surface area contributed by atoms with Gasteiger partial charge in [0.05, 0.1) is 21.9 Å². The summed E-state index contributed by atoms with van der Waals surface area (Å²) in [5, 5.41) is 15.0. The van der Waals surface area contributed by atoms with Gasteiger partial charge in [-0.15, -0.1) is 5.10 Å². The second-order valence-electron chi connectivity index (χ2n) is 4.73. The quantitative estimate of drug-likeness (QED) is 0.710. The van der Waals surface area contributed by atoms with Crippen LogP contribution in [0.25, 0.3) is 0 Å². The lowest BCUT2D eigenvalue weighted by Gasteiger charge is -2.09. The molecule has 2 aromatic carbocycles. The molecule has 0 spiro atoms. The summed E-state index contributed by atoms with van der Waals surface area (Å²) < 4.78 is 0. The lowest BCUT2D eigenvalue weighted by atomic mass is 10.2. The van der Waals surface area contributed by atoms with Crippen molar-refractivity contribution in [2.45, 2.75) is 6.54 Å². The number of rotatable bonds is 5. The van der Waals surface area contributed by atoms with Gasteiger partial charge in [0.25, 0.3) is 0 Å². The molecule has 0 saturated carbocycles. The predicted molar refractivity (Wildman–Crippen MR) is 93.3 cm³/mol. The molecule has 23 heavy (non-hydrogen) atoms. The highest BCUT2D eigenvalue weighted by Gasteiger charge is 2.06. The summed E-state index contributed by atoms with van der Waals surface area (Å²) in [4.78, 5) is 4.36. The van der Waals surface area contributed by atoms with Crippen molar-refractivity contribution in [1.82, 2.24) is 15.2 Å². The first kappa shape index (κ1) is 15.5. The fraction of sp³-hybridized carbons (Fsp3) is 0.0625. The molecule has 0 amide bonds. The summed E-state index contributed by atoms with van der Waals surface area (Å²) in [7, 11) is 0. The number of anilines is 3. The van der Waals surface area contributed by atoms with Crippen LogP contribution in [-0.2, 0) is 6.54 Å². The fourth-order valence-electron chi connectivity index (χ4n) is 1.95. The molecule has 0 aliphatic heterocycles. The molecule has 0 bridgehead atoms. The molecule has 0 aliphatic carbocycles. The van der Waals surface area contributed by atoms with E-state index in [0.29, 0.717) is 34.0 Å². The Morgan fingerprint density at radius 3 is 2.61 bits per heavy atom. The number of halogens is 2. The smallest absolute Gasteiger partial charge is 0.244 e. The Morgan fingerprint density at radius 2 is 1.78 bits per heavy atom. The van der Waals surface area contributed by atoms with Crippen LogP contribution >= 0.6 is 23.2 Å². The maximum absolute atomic E-state index is 6.15. The summed E-state index contributed by atoms with van der Waals surface area (Å²) >= 11 is 12.1. The van der Waals surface area contributed by atoms with Crippen molar-refractivity contribution in [3.63, 3.8) is 0 Å². The Balaban J connectivity index is 1.71. The van der Waals surface area contributed by atoms with Gasteiger partial charge in [-0.1, -0.05) is 59.6 Å². The van der Waals surface area contributed by atoms with Gasteiger partial charge in [-0.2, -0.15) is 10.1 Å². The van der Waals surface area contributed by atoms with E-state index in [4.69, 9.17) is 23.2 Å². The van der Waals surface area contributed by atoms with Gasteiger partial charge in [-0.05, 0) is 17.7 Å². The van der Waals surface area contributed by atoms with E-state index in [2.05, 4.69) is 25.8 Å². The molecule has 2 N–H and O–H groups in total. The van der Waals surface area contributed by atoms with Crippen molar-refractivity contribution < 1.29 is 0 Å². The molecule has 7 heteroatoms. The second kappa shape index (κ2) is 7.26. The SMILES string of the molecule is Clc1cccc(Nc2cnnc(NCc3ccccc3)n2)c1Cl. The number of hydrogen-bond acceptors (Lipinski definition) is 5. The highest BCUT2D eigenvalue weighted by Crippen LogP contribution is 2.31. The topological polar surface area (TPSA) is 62.7 Å². The molecule has 0 saturated heterocycles. The van der Waals surface area contributed by atoms with Crippen molar-refractivity contribution >= 4 is 40.7 Å². The molecule has 0 aliphatic rings. The van der Waals surface area contributed by atoms with Gasteiger partial charge in [-0.25, -0.2) is 0 Å². The van der Waals surface area contributed by atoms with Gasteiger partial charge in [0, 0.05) is 6.54 Å². The molecular weight excluding hydrogens is 333 g/mol. The molecular formula is C16H13Cl2N5. The Morgan fingerprint density at radius 1 is 0.957 bits per heavy atom. The van der Waals surface area contributed by atoms with Crippen LogP contribution in [0.2, 0.25) is 10.0 Å². The van der Waals surface area contributed by atoms with Crippen LogP contribution in [-0.4, -0.2) is 15.2 Å². The largest absolute Gasteiger partial charge is 0.349 e. The second-order valence-corrected chi connectivity index (χ2v) is 5.52. The van der Waals surface area contributed by atoms with E-state index in [1.54, 1.807) is 12.1 Å².